The molecule has 1 saturated carbocycles. The first-order valence-corrected chi connectivity index (χ1v) is 10.9. The van der Waals surface area contributed by atoms with Gasteiger partial charge in [0.2, 0.25) is 0 Å². The van der Waals surface area contributed by atoms with E-state index in [1.54, 1.807) is 0 Å². The summed E-state index contributed by atoms with van der Waals surface area (Å²) in [5.74, 6) is -0.786. The van der Waals surface area contributed by atoms with Gasteiger partial charge in [-0.3, -0.25) is 9.69 Å². The van der Waals surface area contributed by atoms with Crippen LogP contribution >= 0.6 is 0 Å². The summed E-state index contributed by atoms with van der Waals surface area (Å²) >= 11 is 0. The molecule has 0 saturated heterocycles. The van der Waals surface area contributed by atoms with E-state index in [0.717, 1.165) is 45.1 Å². The van der Waals surface area contributed by atoms with Crippen molar-refractivity contribution >= 4 is 13.8 Å². The molecule has 1 atom stereocenters. The zero-order valence-corrected chi connectivity index (χ0v) is 17.5. The van der Waals surface area contributed by atoms with E-state index in [2.05, 4.69) is 61.3 Å². The SMILES string of the molecule is BCCCCC(N)(C(=O)O)[C@H]1C[C@@H](N(Cc2ccccc2)Cc2ccccc2)C1. The van der Waals surface area contributed by atoms with Crippen molar-refractivity contribution in [3.63, 3.8) is 0 Å². The first kappa shape index (κ1) is 21.6. The number of carboxylic acid groups (broad SMARTS) is 1. The highest BCUT2D eigenvalue weighted by atomic mass is 16.4. The van der Waals surface area contributed by atoms with E-state index >= 15 is 0 Å². The third kappa shape index (κ3) is 5.49. The number of nitrogens with two attached hydrogens (primary N) is 1. The van der Waals surface area contributed by atoms with Crippen molar-refractivity contribution < 1.29 is 9.90 Å². The molecule has 3 N–H and O–H groups in total. The zero-order valence-electron chi connectivity index (χ0n) is 17.5. The number of hydrogen-bond donors (Lipinski definition) is 2. The molecular formula is C24H33BN2O2. The molecule has 154 valence electrons. The van der Waals surface area contributed by atoms with E-state index in [1.807, 2.05) is 12.1 Å². The molecule has 0 aliphatic heterocycles. The Morgan fingerprint density at radius 2 is 1.52 bits per heavy atom. The van der Waals surface area contributed by atoms with Crippen molar-refractivity contribution in [2.45, 2.75) is 63.1 Å². The molecule has 4 nitrogen and oxygen atoms in total. The lowest BCUT2D eigenvalue weighted by Crippen LogP contribution is -2.61. The van der Waals surface area contributed by atoms with Crippen molar-refractivity contribution in [3.8, 4) is 0 Å². The summed E-state index contributed by atoms with van der Waals surface area (Å²) in [6.07, 6.45) is 5.29. The van der Waals surface area contributed by atoms with E-state index in [4.69, 9.17) is 5.73 Å². The van der Waals surface area contributed by atoms with E-state index < -0.39 is 11.5 Å². The van der Waals surface area contributed by atoms with Crippen LogP contribution in [-0.4, -0.2) is 35.4 Å². The molecule has 5 heteroatoms. The second kappa shape index (κ2) is 10.1. The van der Waals surface area contributed by atoms with E-state index in [9.17, 15) is 9.90 Å². The van der Waals surface area contributed by atoms with Gasteiger partial charge in [-0.1, -0.05) is 79.8 Å². The monoisotopic (exact) mass is 392 g/mol. The van der Waals surface area contributed by atoms with Gasteiger partial charge in [0.25, 0.3) is 0 Å². The van der Waals surface area contributed by atoms with Crippen LogP contribution in [0.3, 0.4) is 0 Å². The first-order valence-electron chi connectivity index (χ1n) is 10.9. The van der Waals surface area contributed by atoms with Crippen molar-refractivity contribution in [1.29, 1.82) is 0 Å². The molecule has 0 amide bonds. The Morgan fingerprint density at radius 1 is 1.00 bits per heavy atom. The highest BCUT2D eigenvalue weighted by Crippen LogP contribution is 2.41. The van der Waals surface area contributed by atoms with Crippen LogP contribution in [0.15, 0.2) is 60.7 Å². The van der Waals surface area contributed by atoms with Crippen LogP contribution in [0.4, 0.5) is 0 Å². The van der Waals surface area contributed by atoms with Gasteiger partial charge in [0.05, 0.1) is 0 Å². The van der Waals surface area contributed by atoms with E-state index in [0.29, 0.717) is 12.5 Å². The van der Waals surface area contributed by atoms with Crippen molar-refractivity contribution in [2.75, 3.05) is 0 Å². The van der Waals surface area contributed by atoms with Crippen molar-refractivity contribution in [1.82, 2.24) is 4.90 Å². The summed E-state index contributed by atoms with van der Waals surface area (Å²) in [4.78, 5) is 14.5. The number of benzene rings is 2. The number of carbonyl (C=O) groups is 1. The molecule has 3 rings (SSSR count). The van der Waals surface area contributed by atoms with Gasteiger partial charge < -0.3 is 10.8 Å². The third-order valence-corrected chi connectivity index (χ3v) is 6.41. The molecule has 0 bridgehead atoms. The average molecular weight is 392 g/mol. The van der Waals surface area contributed by atoms with Crippen LogP contribution in [-0.2, 0) is 17.9 Å². The minimum atomic E-state index is -1.09. The smallest absolute Gasteiger partial charge is 0.323 e. The largest absolute Gasteiger partial charge is 0.480 e. The maximum atomic E-state index is 12.0. The second-order valence-electron chi connectivity index (χ2n) is 8.50. The van der Waals surface area contributed by atoms with Gasteiger partial charge in [-0.05, 0) is 36.3 Å². The lowest BCUT2D eigenvalue weighted by Gasteiger charge is -2.49. The molecule has 2 aromatic rings. The molecule has 1 aliphatic rings. The Hall–Kier alpha value is -2.11. The number of unbranched alkanes of at least 4 members (excludes halogenated alkanes) is 1. The summed E-state index contributed by atoms with van der Waals surface area (Å²) in [6, 6.07) is 21.4. The van der Waals surface area contributed by atoms with Crippen LogP contribution in [0.2, 0.25) is 6.32 Å². The molecular weight excluding hydrogens is 359 g/mol. The molecule has 1 fully saturated rings. The Kier molecular flexibility index (Phi) is 7.51. The van der Waals surface area contributed by atoms with Crippen LogP contribution in [0.25, 0.3) is 0 Å². The highest BCUT2D eigenvalue weighted by molar-refractivity contribution is 6.08. The minimum absolute atomic E-state index is 0.0518. The molecule has 0 aromatic heterocycles. The zero-order chi connectivity index (χ0) is 20.7. The fourth-order valence-electron chi connectivity index (χ4n) is 4.41. The predicted octanol–water partition coefficient (Wildman–Crippen LogP) is 3.47. The number of hydrogen-bond acceptors (Lipinski definition) is 3. The maximum Gasteiger partial charge on any atom is 0.323 e. The first-order chi connectivity index (χ1) is 14.0. The van der Waals surface area contributed by atoms with Crippen LogP contribution < -0.4 is 5.73 Å². The fourth-order valence-corrected chi connectivity index (χ4v) is 4.41. The molecule has 1 aliphatic carbocycles. The molecule has 2 aromatic carbocycles. The van der Waals surface area contributed by atoms with Gasteiger partial charge in [-0.2, -0.15) is 0 Å². The average Bonchev–Trinajstić information content (AvgIpc) is 2.68. The van der Waals surface area contributed by atoms with Gasteiger partial charge in [-0.25, -0.2) is 0 Å². The summed E-state index contributed by atoms with van der Waals surface area (Å²) in [7, 11) is 2.13. The van der Waals surface area contributed by atoms with E-state index in [1.165, 1.54) is 11.1 Å². The predicted molar refractivity (Wildman–Crippen MR) is 120 cm³/mol. The number of nitrogens with zero attached hydrogens (tertiary/aromatic N) is 1. The van der Waals surface area contributed by atoms with Crippen LogP contribution in [0, 0.1) is 5.92 Å². The molecule has 29 heavy (non-hydrogen) atoms. The quantitative estimate of drug-likeness (QED) is 0.454. The Labute approximate surface area is 175 Å². The fraction of sp³-hybridized carbons (Fsp3) is 0.458. The number of rotatable bonds is 11. The highest BCUT2D eigenvalue weighted by Gasteiger charge is 2.49. The molecule has 0 heterocycles. The molecule has 1 unspecified atom stereocenters. The van der Waals surface area contributed by atoms with Crippen molar-refractivity contribution in [2.24, 2.45) is 11.7 Å². The summed E-state index contributed by atoms with van der Waals surface area (Å²) in [5.41, 5.74) is 7.92. The molecule has 0 spiro atoms. The topological polar surface area (TPSA) is 66.6 Å². The third-order valence-electron chi connectivity index (χ3n) is 6.41. The lowest BCUT2D eigenvalue weighted by molar-refractivity contribution is -0.149. The lowest BCUT2D eigenvalue weighted by atomic mass is 9.65. The van der Waals surface area contributed by atoms with Crippen molar-refractivity contribution in [3.05, 3.63) is 71.8 Å². The number of carboxylic acids is 1. The second-order valence-corrected chi connectivity index (χ2v) is 8.50. The normalized spacial score (nSPS) is 20.8. The van der Waals surface area contributed by atoms with Gasteiger partial charge in [0.1, 0.15) is 13.4 Å². The maximum absolute atomic E-state index is 12.0. The Bertz CT molecular complexity index is 723. The van der Waals surface area contributed by atoms with Crippen LogP contribution in [0.1, 0.15) is 43.2 Å². The summed E-state index contributed by atoms with van der Waals surface area (Å²) < 4.78 is 0. The minimum Gasteiger partial charge on any atom is -0.480 e. The van der Waals surface area contributed by atoms with Gasteiger partial charge in [0.15, 0.2) is 0 Å². The van der Waals surface area contributed by atoms with Gasteiger partial charge in [-0.15, -0.1) is 0 Å². The van der Waals surface area contributed by atoms with Crippen LogP contribution in [0.5, 0.6) is 0 Å². The van der Waals surface area contributed by atoms with Gasteiger partial charge >= 0.3 is 5.97 Å². The summed E-state index contributed by atoms with van der Waals surface area (Å²) in [5, 5.41) is 9.82. The number of aliphatic carboxylic acids is 1. The summed E-state index contributed by atoms with van der Waals surface area (Å²) in [6.45, 7) is 1.74. The van der Waals surface area contributed by atoms with E-state index in [-0.39, 0.29) is 5.92 Å². The Balaban J connectivity index is 1.68. The Morgan fingerprint density at radius 3 is 1.97 bits per heavy atom. The standard InChI is InChI=1S/C24H33BN2O2/c25-14-8-7-13-24(26,23(28)29)21-15-22(16-21)27(17-19-9-3-1-4-10-19)18-20-11-5-2-6-12-20/h1-6,9-12,21-22H,7-8,13-18,25-26H2,(H,28,29)/t21-,22+,24?. The van der Waals surface area contributed by atoms with Gasteiger partial charge in [0, 0.05) is 19.1 Å². The molecule has 0 radical (unpaired) electrons.